The van der Waals surface area contributed by atoms with E-state index in [-0.39, 0.29) is 6.03 Å². The zero-order valence-electron chi connectivity index (χ0n) is 14.6. The van der Waals surface area contributed by atoms with Crippen molar-refractivity contribution in [2.45, 2.75) is 33.9 Å². The van der Waals surface area contributed by atoms with E-state index < -0.39 is 0 Å². The van der Waals surface area contributed by atoms with Gasteiger partial charge in [-0.15, -0.1) is 0 Å². The van der Waals surface area contributed by atoms with Crippen LogP contribution in [0.3, 0.4) is 0 Å². The lowest BCUT2D eigenvalue weighted by atomic mass is 10.1. The number of nitrogens with one attached hydrogen (secondary N) is 2. The van der Waals surface area contributed by atoms with Gasteiger partial charge in [-0.25, -0.2) is 4.79 Å². The third-order valence-electron chi connectivity index (χ3n) is 3.51. The highest BCUT2D eigenvalue weighted by atomic mass is 16.5. The molecule has 0 aromatic heterocycles. The quantitative estimate of drug-likeness (QED) is 0.807. The van der Waals surface area contributed by atoms with E-state index in [0.29, 0.717) is 25.6 Å². The second-order valence-electron chi connectivity index (χ2n) is 6.37. The first-order chi connectivity index (χ1) is 11.5. The Bertz CT molecular complexity index is 651. The largest absolute Gasteiger partial charge is 0.493 e. The molecule has 0 saturated carbocycles. The van der Waals surface area contributed by atoms with Gasteiger partial charge in [0.15, 0.2) is 0 Å². The van der Waals surface area contributed by atoms with Crippen LogP contribution in [0.1, 0.15) is 30.5 Å². The summed E-state index contributed by atoms with van der Waals surface area (Å²) in [5, 5.41) is 5.73. The van der Waals surface area contributed by atoms with Crippen molar-refractivity contribution in [2.75, 3.05) is 6.61 Å². The molecule has 0 bridgehead atoms. The zero-order chi connectivity index (χ0) is 17.4. The van der Waals surface area contributed by atoms with Crippen molar-refractivity contribution >= 4 is 6.03 Å². The number of hydrogen-bond donors (Lipinski definition) is 2. The monoisotopic (exact) mass is 326 g/mol. The third kappa shape index (κ3) is 6.32. The van der Waals surface area contributed by atoms with Crippen molar-refractivity contribution < 1.29 is 9.53 Å². The van der Waals surface area contributed by atoms with Gasteiger partial charge in [-0.05, 0) is 36.1 Å². The summed E-state index contributed by atoms with van der Waals surface area (Å²) in [6, 6.07) is 15.8. The molecule has 0 radical (unpaired) electrons. The Labute approximate surface area is 144 Å². The van der Waals surface area contributed by atoms with Gasteiger partial charge in [-0.1, -0.05) is 55.8 Å². The minimum atomic E-state index is -0.177. The summed E-state index contributed by atoms with van der Waals surface area (Å²) in [5.74, 6) is 1.32. The topological polar surface area (TPSA) is 50.4 Å². The fourth-order valence-corrected chi connectivity index (χ4v) is 2.14. The minimum Gasteiger partial charge on any atom is -0.493 e. The summed E-state index contributed by atoms with van der Waals surface area (Å²) < 4.78 is 5.70. The Morgan fingerprint density at radius 2 is 1.67 bits per heavy atom. The van der Waals surface area contributed by atoms with Crippen LogP contribution in [0.15, 0.2) is 48.5 Å². The van der Waals surface area contributed by atoms with E-state index in [0.717, 1.165) is 16.9 Å². The highest BCUT2D eigenvalue weighted by Crippen LogP contribution is 2.14. The highest BCUT2D eigenvalue weighted by Gasteiger charge is 2.03. The van der Waals surface area contributed by atoms with E-state index in [2.05, 4.69) is 24.5 Å². The maximum atomic E-state index is 11.9. The molecule has 4 nitrogen and oxygen atoms in total. The molecule has 4 heteroatoms. The summed E-state index contributed by atoms with van der Waals surface area (Å²) in [4.78, 5) is 11.9. The Morgan fingerprint density at radius 3 is 2.33 bits per heavy atom. The standard InChI is InChI=1S/C20H26N2O2/c1-15(2)14-24-19-6-4-5-18(11-19)13-22-20(23)21-12-17-9-7-16(3)8-10-17/h4-11,15H,12-14H2,1-3H3,(H2,21,22,23). The molecule has 2 N–H and O–H groups in total. The molecule has 0 fully saturated rings. The molecular formula is C20H26N2O2. The SMILES string of the molecule is Cc1ccc(CNC(=O)NCc2cccc(OCC(C)C)c2)cc1. The summed E-state index contributed by atoms with van der Waals surface area (Å²) in [6.07, 6.45) is 0. The van der Waals surface area contributed by atoms with Crippen LogP contribution >= 0.6 is 0 Å². The molecule has 0 spiro atoms. The second kappa shape index (κ2) is 8.96. The van der Waals surface area contributed by atoms with Gasteiger partial charge in [0.1, 0.15) is 5.75 Å². The first-order valence-electron chi connectivity index (χ1n) is 8.32. The van der Waals surface area contributed by atoms with Crippen LogP contribution < -0.4 is 15.4 Å². The van der Waals surface area contributed by atoms with Gasteiger partial charge in [0.2, 0.25) is 0 Å². The molecule has 2 aromatic rings. The van der Waals surface area contributed by atoms with Crippen molar-refractivity contribution in [2.24, 2.45) is 5.92 Å². The van der Waals surface area contributed by atoms with Crippen molar-refractivity contribution in [1.29, 1.82) is 0 Å². The average Bonchev–Trinajstić information content (AvgIpc) is 2.58. The molecule has 24 heavy (non-hydrogen) atoms. The fourth-order valence-electron chi connectivity index (χ4n) is 2.14. The number of amides is 2. The smallest absolute Gasteiger partial charge is 0.315 e. The van der Waals surface area contributed by atoms with Gasteiger partial charge >= 0.3 is 6.03 Å². The van der Waals surface area contributed by atoms with Crippen molar-refractivity contribution in [3.8, 4) is 5.75 Å². The lowest BCUT2D eigenvalue weighted by Crippen LogP contribution is -2.34. The number of rotatable bonds is 7. The number of carbonyl (C=O) groups excluding carboxylic acids is 1. The molecule has 0 unspecified atom stereocenters. The van der Waals surface area contributed by atoms with Gasteiger partial charge in [0.25, 0.3) is 0 Å². The summed E-state index contributed by atoms with van der Waals surface area (Å²) in [6.45, 7) is 7.95. The Morgan fingerprint density at radius 1 is 1.00 bits per heavy atom. The van der Waals surface area contributed by atoms with Gasteiger partial charge in [-0.3, -0.25) is 0 Å². The molecule has 0 aliphatic heterocycles. The molecule has 128 valence electrons. The molecule has 2 aromatic carbocycles. The average molecular weight is 326 g/mol. The van der Waals surface area contributed by atoms with E-state index in [1.54, 1.807) is 0 Å². The van der Waals surface area contributed by atoms with Gasteiger partial charge in [-0.2, -0.15) is 0 Å². The molecular weight excluding hydrogens is 300 g/mol. The molecule has 0 aliphatic rings. The normalized spacial score (nSPS) is 10.5. The lowest BCUT2D eigenvalue weighted by molar-refractivity contribution is 0.240. The van der Waals surface area contributed by atoms with Crippen LogP contribution in [-0.2, 0) is 13.1 Å². The predicted octanol–water partition coefficient (Wildman–Crippen LogP) is 4.03. The Balaban J connectivity index is 1.76. The first kappa shape index (κ1) is 17.9. The molecule has 2 amide bonds. The number of ether oxygens (including phenoxy) is 1. The van der Waals surface area contributed by atoms with Crippen LogP contribution in [0.5, 0.6) is 5.75 Å². The van der Waals surface area contributed by atoms with E-state index in [1.807, 2.05) is 55.5 Å². The number of aryl methyl sites for hydroxylation is 1. The van der Waals surface area contributed by atoms with Gasteiger partial charge < -0.3 is 15.4 Å². The summed E-state index contributed by atoms with van der Waals surface area (Å²) >= 11 is 0. The van der Waals surface area contributed by atoms with Crippen LogP contribution in [0.2, 0.25) is 0 Å². The number of urea groups is 1. The Hall–Kier alpha value is -2.49. The van der Waals surface area contributed by atoms with Crippen LogP contribution in [0.25, 0.3) is 0 Å². The summed E-state index contributed by atoms with van der Waals surface area (Å²) in [5.41, 5.74) is 3.31. The highest BCUT2D eigenvalue weighted by molar-refractivity contribution is 5.73. The van der Waals surface area contributed by atoms with Crippen molar-refractivity contribution in [1.82, 2.24) is 10.6 Å². The van der Waals surface area contributed by atoms with Gasteiger partial charge in [0.05, 0.1) is 6.61 Å². The third-order valence-corrected chi connectivity index (χ3v) is 3.51. The summed E-state index contributed by atoms with van der Waals surface area (Å²) in [7, 11) is 0. The Kier molecular flexibility index (Phi) is 6.67. The van der Waals surface area contributed by atoms with Crippen molar-refractivity contribution in [3.63, 3.8) is 0 Å². The van der Waals surface area contributed by atoms with E-state index in [4.69, 9.17) is 4.74 Å². The van der Waals surface area contributed by atoms with Crippen LogP contribution in [0, 0.1) is 12.8 Å². The van der Waals surface area contributed by atoms with E-state index >= 15 is 0 Å². The van der Waals surface area contributed by atoms with Gasteiger partial charge in [0, 0.05) is 13.1 Å². The molecule has 0 atom stereocenters. The number of hydrogen-bond acceptors (Lipinski definition) is 2. The maximum Gasteiger partial charge on any atom is 0.315 e. The lowest BCUT2D eigenvalue weighted by Gasteiger charge is -2.11. The minimum absolute atomic E-state index is 0.177. The van der Waals surface area contributed by atoms with Crippen molar-refractivity contribution in [3.05, 3.63) is 65.2 Å². The van der Waals surface area contributed by atoms with Crippen LogP contribution in [0.4, 0.5) is 4.79 Å². The molecule has 0 heterocycles. The van der Waals surface area contributed by atoms with E-state index in [9.17, 15) is 4.79 Å². The molecule has 2 rings (SSSR count). The number of carbonyl (C=O) groups is 1. The maximum absolute atomic E-state index is 11.9. The predicted molar refractivity (Wildman–Crippen MR) is 97.0 cm³/mol. The number of benzene rings is 2. The zero-order valence-corrected chi connectivity index (χ0v) is 14.6. The first-order valence-corrected chi connectivity index (χ1v) is 8.32. The molecule has 0 saturated heterocycles. The second-order valence-corrected chi connectivity index (χ2v) is 6.37. The van der Waals surface area contributed by atoms with E-state index in [1.165, 1.54) is 5.56 Å². The fraction of sp³-hybridized carbons (Fsp3) is 0.350. The van der Waals surface area contributed by atoms with Crippen LogP contribution in [-0.4, -0.2) is 12.6 Å². The molecule has 0 aliphatic carbocycles.